The lowest BCUT2D eigenvalue weighted by molar-refractivity contribution is 0.508. The number of benzene rings is 2. The van der Waals surface area contributed by atoms with Crippen LogP contribution in [0.3, 0.4) is 0 Å². The minimum absolute atomic E-state index is 0. The van der Waals surface area contributed by atoms with Gasteiger partial charge in [-0.3, -0.25) is 0 Å². The van der Waals surface area contributed by atoms with Crippen molar-refractivity contribution in [1.29, 1.82) is 0 Å². The molecule has 3 rings (SSSR count). The summed E-state index contributed by atoms with van der Waals surface area (Å²) >= 11 is 0. The van der Waals surface area contributed by atoms with E-state index in [-0.39, 0.29) is 24.0 Å². The van der Waals surface area contributed by atoms with Gasteiger partial charge in [0.05, 0.1) is 6.54 Å². The number of hydrogen-bond donors (Lipinski definition) is 1. The third kappa shape index (κ3) is 6.05. The molecule has 0 radical (unpaired) electrons. The lowest BCUT2D eigenvalue weighted by atomic mass is 10.1. The highest BCUT2D eigenvalue weighted by atomic mass is 127. The van der Waals surface area contributed by atoms with Crippen molar-refractivity contribution < 1.29 is 8.78 Å². The number of aliphatic imine (C=N–C) groups is 1. The zero-order valence-corrected chi connectivity index (χ0v) is 18.6. The number of anilines is 1. The Bertz CT molecular complexity index is 783. The standard InChI is InChI=1S/C21H26F2N4.HI/c1-26(2)21(24-13-16-6-4-3-5-7-16)25-14-17-10-11-27(15-17)18-8-9-19(22)20(23)12-18;/h3-9,12,17H,10-11,13-15H2,1-2H3,(H,24,25);1H. The average molecular weight is 500 g/mol. The van der Waals surface area contributed by atoms with Gasteiger partial charge in [-0.1, -0.05) is 30.3 Å². The zero-order chi connectivity index (χ0) is 19.2. The first kappa shape index (κ1) is 22.4. The third-order valence-electron chi connectivity index (χ3n) is 4.78. The van der Waals surface area contributed by atoms with Crippen molar-refractivity contribution in [1.82, 2.24) is 10.2 Å². The van der Waals surface area contributed by atoms with Crippen LogP contribution in [0, 0.1) is 17.6 Å². The molecule has 0 amide bonds. The van der Waals surface area contributed by atoms with E-state index >= 15 is 0 Å². The molecule has 1 saturated heterocycles. The number of halogens is 3. The maximum absolute atomic E-state index is 13.5. The first-order chi connectivity index (χ1) is 13.0. The lowest BCUT2D eigenvalue weighted by Gasteiger charge is -2.21. The molecule has 2 aromatic rings. The molecule has 1 atom stereocenters. The first-order valence-corrected chi connectivity index (χ1v) is 9.22. The Hall–Kier alpha value is -1.90. The minimum Gasteiger partial charge on any atom is -0.371 e. The van der Waals surface area contributed by atoms with Crippen molar-refractivity contribution in [3.8, 4) is 0 Å². The van der Waals surface area contributed by atoms with Gasteiger partial charge in [-0.25, -0.2) is 13.8 Å². The van der Waals surface area contributed by atoms with E-state index < -0.39 is 11.6 Å². The summed E-state index contributed by atoms with van der Waals surface area (Å²) in [5.41, 5.74) is 1.91. The van der Waals surface area contributed by atoms with Crippen molar-refractivity contribution in [2.24, 2.45) is 10.9 Å². The van der Waals surface area contributed by atoms with Crippen LogP contribution < -0.4 is 10.2 Å². The monoisotopic (exact) mass is 500 g/mol. The van der Waals surface area contributed by atoms with Gasteiger partial charge >= 0.3 is 0 Å². The Labute approximate surface area is 182 Å². The maximum Gasteiger partial charge on any atom is 0.193 e. The number of nitrogens with one attached hydrogen (secondary N) is 1. The van der Waals surface area contributed by atoms with Crippen LogP contribution in [0.1, 0.15) is 12.0 Å². The highest BCUT2D eigenvalue weighted by Crippen LogP contribution is 2.25. The molecule has 1 aliphatic heterocycles. The molecule has 28 heavy (non-hydrogen) atoms. The molecule has 0 spiro atoms. The van der Waals surface area contributed by atoms with Gasteiger partial charge in [-0.2, -0.15) is 0 Å². The highest BCUT2D eigenvalue weighted by Gasteiger charge is 2.23. The summed E-state index contributed by atoms with van der Waals surface area (Å²) in [5.74, 6) is -0.316. The second-order valence-electron chi connectivity index (χ2n) is 7.10. The average Bonchev–Trinajstić information content (AvgIpc) is 3.13. The predicted octanol–water partition coefficient (Wildman–Crippen LogP) is 4.12. The van der Waals surface area contributed by atoms with Gasteiger partial charge in [0.1, 0.15) is 0 Å². The van der Waals surface area contributed by atoms with Crippen LogP contribution in [0.5, 0.6) is 0 Å². The summed E-state index contributed by atoms with van der Waals surface area (Å²) in [4.78, 5) is 8.76. The fourth-order valence-electron chi connectivity index (χ4n) is 3.26. The van der Waals surface area contributed by atoms with E-state index in [0.717, 1.165) is 37.7 Å². The molecule has 4 nitrogen and oxygen atoms in total. The molecule has 1 heterocycles. The molecule has 0 saturated carbocycles. The van der Waals surface area contributed by atoms with E-state index in [1.165, 1.54) is 17.7 Å². The van der Waals surface area contributed by atoms with E-state index in [9.17, 15) is 8.78 Å². The number of nitrogens with zero attached hydrogens (tertiary/aromatic N) is 3. The molecule has 1 N–H and O–H groups in total. The molecule has 0 aliphatic carbocycles. The van der Waals surface area contributed by atoms with Crippen LogP contribution in [0.15, 0.2) is 53.5 Å². The van der Waals surface area contributed by atoms with Gasteiger partial charge < -0.3 is 15.1 Å². The Morgan fingerprint density at radius 1 is 1.14 bits per heavy atom. The van der Waals surface area contributed by atoms with E-state index in [1.807, 2.05) is 37.2 Å². The maximum atomic E-state index is 13.5. The van der Waals surface area contributed by atoms with E-state index in [4.69, 9.17) is 0 Å². The Balaban J connectivity index is 0.00000280. The molecule has 1 fully saturated rings. The molecular weight excluding hydrogens is 473 g/mol. The van der Waals surface area contributed by atoms with Crippen molar-refractivity contribution in [2.45, 2.75) is 13.0 Å². The summed E-state index contributed by atoms with van der Waals surface area (Å²) in [6.45, 7) is 3.09. The van der Waals surface area contributed by atoms with Crippen LogP contribution in [-0.2, 0) is 6.54 Å². The first-order valence-electron chi connectivity index (χ1n) is 9.22. The molecular formula is C21H27F2IN4. The van der Waals surface area contributed by atoms with Crippen LogP contribution in [-0.4, -0.2) is 44.6 Å². The number of rotatable bonds is 5. The summed E-state index contributed by atoms with van der Waals surface area (Å²) in [6, 6.07) is 14.3. The largest absolute Gasteiger partial charge is 0.371 e. The minimum atomic E-state index is -0.804. The molecule has 0 bridgehead atoms. The van der Waals surface area contributed by atoms with Gasteiger partial charge in [-0.15, -0.1) is 24.0 Å². The Morgan fingerprint density at radius 2 is 1.89 bits per heavy atom. The summed E-state index contributed by atoms with van der Waals surface area (Å²) in [7, 11) is 3.94. The molecule has 2 aromatic carbocycles. The third-order valence-corrected chi connectivity index (χ3v) is 4.78. The quantitative estimate of drug-likeness (QED) is 0.381. The van der Waals surface area contributed by atoms with Gasteiger partial charge in [-0.05, 0) is 30.0 Å². The number of guanidine groups is 1. The van der Waals surface area contributed by atoms with Gasteiger partial charge in [0.15, 0.2) is 17.6 Å². The zero-order valence-electron chi connectivity index (χ0n) is 16.2. The molecule has 0 aromatic heterocycles. The smallest absolute Gasteiger partial charge is 0.193 e. The molecule has 7 heteroatoms. The Kier molecular flexibility index (Phi) is 8.47. The van der Waals surface area contributed by atoms with Crippen LogP contribution in [0.4, 0.5) is 14.5 Å². The molecule has 1 aliphatic rings. The van der Waals surface area contributed by atoms with E-state index in [0.29, 0.717) is 12.5 Å². The lowest BCUT2D eigenvalue weighted by Crippen LogP contribution is -2.39. The van der Waals surface area contributed by atoms with E-state index in [2.05, 4.69) is 27.3 Å². The second-order valence-corrected chi connectivity index (χ2v) is 7.10. The summed E-state index contributed by atoms with van der Waals surface area (Å²) in [6.07, 6.45) is 1.01. The Morgan fingerprint density at radius 3 is 2.57 bits per heavy atom. The van der Waals surface area contributed by atoms with Crippen molar-refractivity contribution >= 4 is 35.6 Å². The van der Waals surface area contributed by atoms with Crippen LogP contribution in [0.25, 0.3) is 0 Å². The van der Waals surface area contributed by atoms with Crippen LogP contribution in [0.2, 0.25) is 0 Å². The fourth-order valence-corrected chi connectivity index (χ4v) is 3.26. The van der Waals surface area contributed by atoms with E-state index in [1.54, 1.807) is 6.07 Å². The predicted molar refractivity (Wildman–Crippen MR) is 121 cm³/mol. The topological polar surface area (TPSA) is 30.9 Å². The summed E-state index contributed by atoms with van der Waals surface area (Å²) in [5, 5.41) is 3.44. The van der Waals surface area contributed by atoms with Gasteiger partial charge in [0.25, 0.3) is 0 Å². The fraction of sp³-hybridized carbons (Fsp3) is 0.381. The van der Waals surface area contributed by atoms with Crippen molar-refractivity contribution in [3.05, 3.63) is 65.7 Å². The van der Waals surface area contributed by atoms with Crippen molar-refractivity contribution in [2.75, 3.05) is 38.6 Å². The number of hydrogen-bond acceptors (Lipinski definition) is 2. The van der Waals surface area contributed by atoms with Gasteiger partial charge in [0.2, 0.25) is 0 Å². The van der Waals surface area contributed by atoms with Crippen molar-refractivity contribution in [3.63, 3.8) is 0 Å². The second kappa shape index (κ2) is 10.6. The van der Waals surface area contributed by atoms with Gasteiger partial charge in [0, 0.05) is 45.5 Å². The van der Waals surface area contributed by atoms with Crippen LogP contribution >= 0.6 is 24.0 Å². The molecule has 152 valence electrons. The molecule has 1 unspecified atom stereocenters. The summed E-state index contributed by atoms with van der Waals surface area (Å²) < 4.78 is 26.6. The normalized spacial score (nSPS) is 16.6. The highest BCUT2D eigenvalue weighted by molar-refractivity contribution is 14.0. The SMILES string of the molecule is CN(C)C(=NCc1ccccc1)NCC1CCN(c2ccc(F)c(F)c2)C1.I.